The van der Waals surface area contributed by atoms with Crippen molar-refractivity contribution in [2.75, 3.05) is 11.4 Å². The van der Waals surface area contributed by atoms with Gasteiger partial charge >= 0.3 is 5.97 Å². The van der Waals surface area contributed by atoms with E-state index in [0.717, 1.165) is 36.9 Å². The summed E-state index contributed by atoms with van der Waals surface area (Å²) in [6.07, 6.45) is 6.76. The minimum atomic E-state index is -1.08. The number of carbonyl (C=O) groups excluding carboxylic acids is 1. The van der Waals surface area contributed by atoms with Gasteiger partial charge in [0.2, 0.25) is 0 Å². The Balaban J connectivity index is 1.98. The average molecular weight is 310 g/mol. The lowest BCUT2D eigenvalue weighted by Crippen LogP contribution is -2.33. The number of para-hydroxylation sites is 1. The summed E-state index contributed by atoms with van der Waals surface area (Å²) in [4.78, 5) is 29.6. The number of carboxylic acid groups (broad SMARTS) is 1. The standard InChI is InChI=1S/C18H18N2O3/c21-17(14-10-15(18(22)23)12-19-11-14)20-9-5-1-2-6-13-7-3-4-8-16(13)20/h3-4,7-8,10-12H,1-2,5-6,9H2,(H,22,23). The number of nitrogens with zero attached hydrogens (tertiary/aromatic N) is 2. The number of hydrogen-bond donors (Lipinski definition) is 1. The smallest absolute Gasteiger partial charge is 0.337 e. The quantitative estimate of drug-likeness (QED) is 0.925. The zero-order chi connectivity index (χ0) is 16.2. The zero-order valence-electron chi connectivity index (χ0n) is 12.7. The number of pyridine rings is 1. The van der Waals surface area contributed by atoms with Gasteiger partial charge in [0.25, 0.3) is 5.91 Å². The van der Waals surface area contributed by atoms with Crippen LogP contribution in [-0.2, 0) is 6.42 Å². The van der Waals surface area contributed by atoms with Crippen molar-refractivity contribution >= 4 is 17.6 Å². The third-order valence-electron chi connectivity index (χ3n) is 4.09. The van der Waals surface area contributed by atoms with Gasteiger partial charge < -0.3 is 10.0 Å². The van der Waals surface area contributed by atoms with Crippen LogP contribution in [0.4, 0.5) is 5.69 Å². The lowest BCUT2D eigenvalue weighted by Gasteiger charge is -2.27. The maximum atomic E-state index is 12.9. The molecule has 5 nitrogen and oxygen atoms in total. The minimum Gasteiger partial charge on any atom is -0.478 e. The zero-order valence-corrected chi connectivity index (χ0v) is 12.7. The van der Waals surface area contributed by atoms with Gasteiger partial charge in [0.05, 0.1) is 11.1 Å². The van der Waals surface area contributed by atoms with E-state index in [-0.39, 0.29) is 11.5 Å². The molecule has 0 aliphatic carbocycles. The maximum absolute atomic E-state index is 12.9. The molecule has 118 valence electrons. The van der Waals surface area contributed by atoms with Crippen molar-refractivity contribution < 1.29 is 14.7 Å². The summed E-state index contributed by atoms with van der Waals surface area (Å²) in [7, 11) is 0. The molecule has 0 radical (unpaired) electrons. The number of anilines is 1. The van der Waals surface area contributed by atoms with E-state index >= 15 is 0 Å². The first-order valence-electron chi connectivity index (χ1n) is 7.75. The molecule has 1 aliphatic rings. The first kappa shape index (κ1) is 15.2. The van der Waals surface area contributed by atoms with E-state index in [1.807, 2.05) is 24.3 Å². The van der Waals surface area contributed by atoms with Gasteiger partial charge in [-0.2, -0.15) is 0 Å². The predicted octanol–water partition coefficient (Wildman–Crippen LogP) is 3.15. The van der Waals surface area contributed by atoms with Crippen LogP contribution >= 0.6 is 0 Å². The van der Waals surface area contributed by atoms with Crippen molar-refractivity contribution in [3.05, 3.63) is 59.4 Å². The van der Waals surface area contributed by atoms with Crippen LogP contribution in [0.1, 0.15) is 45.5 Å². The number of fused-ring (bicyclic) bond motifs is 1. The summed E-state index contributed by atoms with van der Waals surface area (Å²) >= 11 is 0. The predicted molar refractivity (Wildman–Crippen MR) is 86.9 cm³/mol. The third-order valence-corrected chi connectivity index (χ3v) is 4.09. The Labute approximate surface area is 134 Å². The Morgan fingerprint density at radius 1 is 1.04 bits per heavy atom. The average Bonchev–Trinajstić information content (AvgIpc) is 2.55. The molecule has 1 amide bonds. The normalized spacial score (nSPS) is 14.5. The van der Waals surface area contributed by atoms with Crippen molar-refractivity contribution in [1.29, 1.82) is 0 Å². The number of hydrogen-bond acceptors (Lipinski definition) is 3. The highest BCUT2D eigenvalue weighted by atomic mass is 16.4. The van der Waals surface area contributed by atoms with Crippen molar-refractivity contribution in [2.45, 2.75) is 25.7 Å². The topological polar surface area (TPSA) is 70.5 Å². The van der Waals surface area contributed by atoms with Crippen LogP contribution in [0.3, 0.4) is 0 Å². The summed E-state index contributed by atoms with van der Waals surface area (Å²) in [5, 5.41) is 9.08. The van der Waals surface area contributed by atoms with Gasteiger partial charge in [-0.05, 0) is 37.0 Å². The van der Waals surface area contributed by atoms with Gasteiger partial charge in [-0.25, -0.2) is 4.79 Å². The van der Waals surface area contributed by atoms with Crippen molar-refractivity contribution in [3.8, 4) is 0 Å². The number of aromatic carboxylic acids is 1. The van der Waals surface area contributed by atoms with E-state index in [9.17, 15) is 9.59 Å². The number of benzene rings is 1. The second-order valence-corrected chi connectivity index (χ2v) is 5.66. The molecule has 3 rings (SSSR count). The van der Waals surface area contributed by atoms with Crippen LogP contribution in [0.5, 0.6) is 0 Å². The molecule has 0 saturated carbocycles. The molecule has 1 aromatic heterocycles. The molecule has 1 aliphatic heterocycles. The van der Waals surface area contributed by atoms with Crippen LogP contribution < -0.4 is 4.90 Å². The monoisotopic (exact) mass is 310 g/mol. The molecular formula is C18H18N2O3. The van der Waals surface area contributed by atoms with E-state index in [1.54, 1.807) is 4.90 Å². The molecule has 2 heterocycles. The molecule has 0 fully saturated rings. The fourth-order valence-electron chi connectivity index (χ4n) is 2.91. The van der Waals surface area contributed by atoms with E-state index < -0.39 is 5.97 Å². The van der Waals surface area contributed by atoms with Gasteiger partial charge in [0.15, 0.2) is 0 Å². The van der Waals surface area contributed by atoms with Gasteiger partial charge in [0.1, 0.15) is 0 Å². The van der Waals surface area contributed by atoms with Gasteiger partial charge in [0, 0.05) is 24.6 Å². The first-order chi connectivity index (χ1) is 11.2. The van der Waals surface area contributed by atoms with E-state index in [0.29, 0.717) is 12.1 Å². The Morgan fingerprint density at radius 2 is 1.83 bits per heavy atom. The van der Waals surface area contributed by atoms with Crippen LogP contribution in [0.2, 0.25) is 0 Å². The summed E-state index contributed by atoms with van der Waals surface area (Å²) in [5.74, 6) is -1.28. The van der Waals surface area contributed by atoms with E-state index in [1.165, 1.54) is 18.5 Å². The summed E-state index contributed by atoms with van der Waals surface area (Å²) < 4.78 is 0. The molecule has 5 heteroatoms. The van der Waals surface area contributed by atoms with Crippen LogP contribution in [0, 0.1) is 0 Å². The Hall–Kier alpha value is -2.69. The summed E-state index contributed by atoms with van der Waals surface area (Å²) in [5.41, 5.74) is 2.40. The second kappa shape index (κ2) is 6.60. The fraction of sp³-hybridized carbons (Fsp3) is 0.278. The lowest BCUT2D eigenvalue weighted by molar-refractivity contribution is 0.0696. The minimum absolute atomic E-state index is 0.0242. The lowest BCUT2D eigenvalue weighted by atomic mass is 10.0. The highest BCUT2D eigenvalue weighted by molar-refractivity contribution is 6.07. The number of carbonyl (C=O) groups is 2. The van der Waals surface area contributed by atoms with E-state index in [2.05, 4.69) is 4.98 Å². The largest absolute Gasteiger partial charge is 0.478 e. The summed E-state index contributed by atoms with van der Waals surface area (Å²) in [6, 6.07) is 9.29. The maximum Gasteiger partial charge on any atom is 0.337 e. The number of aryl methyl sites for hydroxylation is 1. The third kappa shape index (κ3) is 3.23. The van der Waals surface area contributed by atoms with Crippen LogP contribution in [0.15, 0.2) is 42.7 Å². The molecule has 2 aromatic rings. The van der Waals surface area contributed by atoms with Crippen LogP contribution in [-0.4, -0.2) is 28.5 Å². The summed E-state index contributed by atoms with van der Waals surface area (Å²) in [6.45, 7) is 0.632. The Bertz CT molecular complexity index is 743. The Kier molecular flexibility index (Phi) is 4.37. The molecule has 1 aromatic carbocycles. The highest BCUT2D eigenvalue weighted by Gasteiger charge is 2.22. The molecule has 0 bridgehead atoms. The fourth-order valence-corrected chi connectivity index (χ4v) is 2.91. The van der Waals surface area contributed by atoms with Gasteiger partial charge in [-0.1, -0.05) is 24.6 Å². The molecule has 0 spiro atoms. The molecule has 23 heavy (non-hydrogen) atoms. The first-order valence-corrected chi connectivity index (χ1v) is 7.75. The SMILES string of the molecule is O=C(O)c1cncc(C(=O)N2CCCCCc3ccccc32)c1. The van der Waals surface area contributed by atoms with Gasteiger partial charge in [-0.3, -0.25) is 9.78 Å². The number of aromatic nitrogens is 1. The number of amides is 1. The van der Waals surface area contributed by atoms with Gasteiger partial charge in [-0.15, -0.1) is 0 Å². The van der Waals surface area contributed by atoms with Crippen molar-refractivity contribution in [2.24, 2.45) is 0 Å². The van der Waals surface area contributed by atoms with E-state index in [4.69, 9.17) is 5.11 Å². The van der Waals surface area contributed by atoms with Crippen molar-refractivity contribution in [1.82, 2.24) is 4.98 Å². The molecular weight excluding hydrogens is 292 g/mol. The second-order valence-electron chi connectivity index (χ2n) is 5.66. The molecule has 0 unspecified atom stereocenters. The number of carboxylic acids is 1. The van der Waals surface area contributed by atoms with Crippen molar-refractivity contribution in [3.63, 3.8) is 0 Å². The highest BCUT2D eigenvalue weighted by Crippen LogP contribution is 2.27. The Morgan fingerprint density at radius 3 is 2.65 bits per heavy atom. The molecule has 0 saturated heterocycles. The molecule has 1 N–H and O–H groups in total. The van der Waals surface area contributed by atoms with Crippen LogP contribution in [0.25, 0.3) is 0 Å². The number of rotatable bonds is 2. The molecule has 0 atom stereocenters.